The normalized spacial score (nSPS) is 11.6. The molecule has 0 aliphatic carbocycles. The van der Waals surface area contributed by atoms with Crippen LogP contribution >= 0.6 is 11.6 Å². The first-order chi connectivity index (χ1) is 15.4. The van der Waals surface area contributed by atoms with E-state index in [1.54, 1.807) is 48.5 Å². The topological polar surface area (TPSA) is 88.1 Å². The number of carbonyl (C=O) groups excluding carboxylic acids is 1. The van der Waals surface area contributed by atoms with Gasteiger partial charge in [-0.2, -0.15) is 9.41 Å². The maximum Gasteiger partial charge on any atom is 0.255 e. The molecule has 7 nitrogen and oxygen atoms in total. The molecule has 0 radical (unpaired) electrons. The van der Waals surface area contributed by atoms with Crippen molar-refractivity contribution in [2.24, 2.45) is 5.10 Å². The van der Waals surface area contributed by atoms with Gasteiger partial charge in [0.15, 0.2) is 0 Å². The third kappa shape index (κ3) is 6.40. The summed E-state index contributed by atoms with van der Waals surface area (Å²) >= 11 is 5.85. The van der Waals surface area contributed by atoms with E-state index < -0.39 is 22.5 Å². The van der Waals surface area contributed by atoms with Gasteiger partial charge >= 0.3 is 0 Å². The lowest BCUT2D eigenvalue weighted by molar-refractivity contribution is -0.121. The Morgan fingerprint density at radius 2 is 1.69 bits per heavy atom. The van der Waals surface area contributed by atoms with Crippen LogP contribution in [0.25, 0.3) is 0 Å². The Hall–Kier alpha value is -3.20. The Morgan fingerprint density at radius 3 is 2.31 bits per heavy atom. The molecule has 0 aliphatic rings. The molecule has 0 atom stereocenters. The molecule has 1 amide bonds. The van der Waals surface area contributed by atoms with Crippen LogP contribution < -0.4 is 10.2 Å². The molecular weight excluding hydrogens is 450 g/mol. The van der Waals surface area contributed by atoms with E-state index in [4.69, 9.17) is 16.3 Å². The van der Waals surface area contributed by atoms with Crippen LogP contribution in [-0.4, -0.2) is 38.5 Å². The molecule has 0 aliphatic heterocycles. The van der Waals surface area contributed by atoms with Gasteiger partial charge in [0.25, 0.3) is 5.91 Å². The van der Waals surface area contributed by atoms with Gasteiger partial charge in [-0.15, -0.1) is 0 Å². The number of amides is 1. The van der Waals surface area contributed by atoms with Crippen molar-refractivity contribution in [3.05, 3.63) is 95.0 Å². The van der Waals surface area contributed by atoms with E-state index in [-0.39, 0.29) is 11.4 Å². The molecule has 32 heavy (non-hydrogen) atoms. The highest BCUT2D eigenvalue weighted by atomic mass is 35.5. The molecule has 3 aromatic rings. The molecule has 0 saturated heterocycles. The molecule has 3 aromatic carbocycles. The minimum atomic E-state index is -3.95. The zero-order valence-electron chi connectivity index (χ0n) is 17.3. The van der Waals surface area contributed by atoms with E-state index in [1.165, 1.54) is 25.5 Å². The number of hydrazone groups is 1. The fraction of sp³-hybridized carbons (Fsp3) is 0.130. The fourth-order valence-corrected chi connectivity index (χ4v) is 4.34. The molecule has 166 valence electrons. The number of nitrogens with zero attached hydrogens (tertiary/aromatic N) is 2. The van der Waals surface area contributed by atoms with Gasteiger partial charge in [0.1, 0.15) is 5.75 Å². The lowest BCUT2D eigenvalue weighted by Gasteiger charge is -2.21. The molecule has 3 rings (SSSR count). The predicted molar refractivity (Wildman–Crippen MR) is 124 cm³/mol. The summed E-state index contributed by atoms with van der Waals surface area (Å²) in [6, 6.07) is 22.0. The number of rotatable bonds is 9. The Kier molecular flexibility index (Phi) is 7.99. The van der Waals surface area contributed by atoms with Gasteiger partial charge in [-0.25, -0.2) is 13.8 Å². The van der Waals surface area contributed by atoms with Crippen LogP contribution in [0.2, 0.25) is 5.02 Å². The van der Waals surface area contributed by atoms with Crippen molar-refractivity contribution >= 4 is 33.7 Å². The standard InChI is InChI=1S/C23H22ClN3O4S/c1-31-21-11-13-22(14-12-21)32(29,30)27(16-19-5-3-2-4-6-19)17-23(28)26-25-15-18-7-9-20(24)10-8-18/h2-15H,16-17H2,1H3,(H,26,28)/b25-15-. The maximum absolute atomic E-state index is 13.3. The summed E-state index contributed by atoms with van der Waals surface area (Å²) in [6.07, 6.45) is 1.45. The number of hydrogen-bond donors (Lipinski definition) is 1. The second-order valence-corrected chi connectivity index (χ2v) is 9.15. The van der Waals surface area contributed by atoms with Crippen molar-refractivity contribution in [3.8, 4) is 5.75 Å². The predicted octanol–water partition coefficient (Wildman–Crippen LogP) is 3.69. The lowest BCUT2D eigenvalue weighted by Crippen LogP contribution is -2.39. The second kappa shape index (κ2) is 10.9. The van der Waals surface area contributed by atoms with Crippen molar-refractivity contribution in [1.82, 2.24) is 9.73 Å². The zero-order chi connectivity index (χ0) is 23.0. The first-order valence-electron chi connectivity index (χ1n) is 9.64. The monoisotopic (exact) mass is 471 g/mol. The summed E-state index contributed by atoms with van der Waals surface area (Å²) in [5, 5.41) is 4.49. The van der Waals surface area contributed by atoms with Gasteiger partial charge in [-0.3, -0.25) is 4.79 Å². The van der Waals surface area contributed by atoms with E-state index in [9.17, 15) is 13.2 Å². The summed E-state index contributed by atoms with van der Waals surface area (Å²) < 4.78 is 32.7. The Bertz CT molecular complexity index is 1170. The second-order valence-electron chi connectivity index (χ2n) is 6.78. The quantitative estimate of drug-likeness (QED) is 0.381. The van der Waals surface area contributed by atoms with Crippen LogP contribution in [0.1, 0.15) is 11.1 Å². The van der Waals surface area contributed by atoms with E-state index in [0.29, 0.717) is 10.8 Å². The average molecular weight is 472 g/mol. The average Bonchev–Trinajstić information content (AvgIpc) is 2.80. The summed E-state index contributed by atoms with van der Waals surface area (Å²) in [6.45, 7) is -0.370. The Morgan fingerprint density at radius 1 is 1.03 bits per heavy atom. The Balaban J connectivity index is 1.77. The molecule has 0 heterocycles. The summed E-state index contributed by atoms with van der Waals surface area (Å²) in [5.41, 5.74) is 3.86. The first kappa shape index (κ1) is 23.5. The third-order valence-electron chi connectivity index (χ3n) is 4.49. The maximum atomic E-state index is 13.3. The van der Waals surface area contributed by atoms with E-state index in [2.05, 4.69) is 10.5 Å². The molecular formula is C23H22ClN3O4S. The molecule has 0 saturated carbocycles. The van der Waals surface area contributed by atoms with E-state index >= 15 is 0 Å². The molecule has 1 N–H and O–H groups in total. The number of methoxy groups -OCH3 is 1. The number of halogens is 1. The summed E-state index contributed by atoms with van der Waals surface area (Å²) in [5.74, 6) is -0.0314. The number of sulfonamides is 1. The highest BCUT2D eigenvalue weighted by molar-refractivity contribution is 7.89. The van der Waals surface area contributed by atoms with Crippen LogP contribution in [-0.2, 0) is 21.4 Å². The third-order valence-corrected chi connectivity index (χ3v) is 6.55. The summed E-state index contributed by atoms with van der Waals surface area (Å²) in [7, 11) is -2.45. The fourth-order valence-electron chi connectivity index (χ4n) is 2.83. The number of ether oxygens (including phenoxy) is 1. The van der Waals surface area contributed by atoms with Gasteiger partial charge < -0.3 is 4.74 Å². The highest BCUT2D eigenvalue weighted by Crippen LogP contribution is 2.21. The minimum absolute atomic E-state index is 0.0313. The minimum Gasteiger partial charge on any atom is -0.497 e. The molecule has 0 fully saturated rings. The van der Waals surface area contributed by atoms with Crippen molar-refractivity contribution in [2.75, 3.05) is 13.7 Å². The van der Waals surface area contributed by atoms with Crippen molar-refractivity contribution in [3.63, 3.8) is 0 Å². The molecule has 0 bridgehead atoms. The molecule has 0 spiro atoms. The van der Waals surface area contributed by atoms with Crippen LogP contribution in [0, 0.1) is 0 Å². The molecule has 0 aromatic heterocycles. The van der Waals surface area contributed by atoms with Crippen LogP contribution in [0.5, 0.6) is 5.75 Å². The van der Waals surface area contributed by atoms with Crippen molar-refractivity contribution in [2.45, 2.75) is 11.4 Å². The van der Waals surface area contributed by atoms with Crippen molar-refractivity contribution < 1.29 is 17.9 Å². The number of nitrogens with one attached hydrogen (secondary N) is 1. The first-order valence-corrected chi connectivity index (χ1v) is 11.5. The largest absolute Gasteiger partial charge is 0.497 e. The van der Waals surface area contributed by atoms with Crippen LogP contribution in [0.4, 0.5) is 0 Å². The van der Waals surface area contributed by atoms with E-state index in [1.807, 2.05) is 18.2 Å². The van der Waals surface area contributed by atoms with Crippen molar-refractivity contribution in [1.29, 1.82) is 0 Å². The van der Waals surface area contributed by atoms with Crippen LogP contribution in [0.15, 0.2) is 88.9 Å². The van der Waals surface area contributed by atoms with E-state index in [0.717, 1.165) is 15.4 Å². The Labute approximate surface area is 192 Å². The van der Waals surface area contributed by atoms with Gasteiger partial charge in [0.05, 0.1) is 24.8 Å². The van der Waals surface area contributed by atoms with Gasteiger partial charge in [-0.05, 0) is 47.5 Å². The van der Waals surface area contributed by atoms with Gasteiger partial charge in [-0.1, -0.05) is 54.1 Å². The number of hydrogen-bond acceptors (Lipinski definition) is 5. The number of benzene rings is 3. The number of carbonyl (C=O) groups is 1. The molecule has 0 unspecified atom stereocenters. The lowest BCUT2D eigenvalue weighted by atomic mass is 10.2. The smallest absolute Gasteiger partial charge is 0.255 e. The highest BCUT2D eigenvalue weighted by Gasteiger charge is 2.27. The zero-order valence-corrected chi connectivity index (χ0v) is 18.9. The molecule has 9 heteroatoms. The summed E-state index contributed by atoms with van der Waals surface area (Å²) in [4.78, 5) is 12.6. The SMILES string of the molecule is COc1ccc(S(=O)(=O)N(CC(=O)N/N=C\c2ccc(Cl)cc2)Cc2ccccc2)cc1. The van der Waals surface area contributed by atoms with Gasteiger partial charge in [0, 0.05) is 11.6 Å². The van der Waals surface area contributed by atoms with Crippen LogP contribution in [0.3, 0.4) is 0 Å². The van der Waals surface area contributed by atoms with Gasteiger partial charge in [0.2, 0.25) is 10.0 Å².